The van der Waals surface area contributed by atoms with Crippen molar-refractivity contribution >= 4 is 0 Å². The normalized spacial score (nSPS) is 23.5. The summed E-state index contributed by atoms with van der Waals surface area (Å²) < 4.78 is 0. The van der Waals surface area contributed by atoms with Crippen molar-refractivity contribution in [3.8, 4) is 0 Å². The van der Waals surface area contributed by atoms with Crippen LogP contribution in [-0.2, 0) is 6.54 Å². The van der Waals surface area contributed by atoms with Gasteiger partial charge in [-0.25, -0.2) is 0 Å². The summed E-state index contributed by atoms with van der Waals surface area (Å²) >= 11 is 0. The smallest absolute Gasteiger partial charge is 0.0262 e. The van der Waals surface area contributed by atoms with Crippen molar-refractivity contribution in [3.63, 3.8) is 0 Å². The average molecular weight is 204 g/mol. The molecule has 1 aliphatic rings. The van der Waals surface area contributed by atoms with Crippen molar-refractivity contribution in [3.05, 3.63) is 35.9 Å². The number of nitrogens with zero attached hydrogens (tertiary/aromatic N) is 1. The van der Waals surface area contributed by atoms with E-state index in [1.807, 2.05) is 7.05 Å². The van der Waals surface area contributed by atoms with Gasteiger partial charge in [0.25, 0.3) is 0 Å². The molecule has 0 radical (unpaired) electrons. The molecule has 1 N–H and O–H groups in total. The highest BCUT2D eigenvalue weighted by Crippen LogP contribution is 2.22. The van der Waals surface area contributed by atoms with Gasteiger partial charge >= 0.3 is 0 Å². The summed E-state index contributed by atoms with van der Waals surface area (Å²) in [6.45, 7) is 4.60. The Balaban J connectivity index is 1.91. The molecule has 0 spiro atoms. The van der Waals surface area contributed by atoms with E-state index in [0.29, 0.717) is 6.04 Å². The van der Waals surface area contributed by atoms with E-state index in [2.05, 4.69) is 47.5 Å². The molecule has 15 heavy (non-hydrogen) atoms. The van der Waals surface area contributed by atoms with Gasteiger partial charge in [-0.2, -0.15) is 0 Å². The minimum atomic E-state index is 0.600. The highest BCUT2D eigenvalue weighted by molar-refractivity contribution is 5.15. The lowest BCUT2D eigenvalue weighted by atomic mass is 9.95. The average Bonchev–Trinajstić information content (AvgIpc) is 2.25. The summed E-state index contributed by atoms with van der Waals surface area (Å²) in [6, 6.07) is 12.0. The topological polar surface area (TPSA) is 15.3 Å². The second kappa shape index (κ2) is 4.77. The van der Waals surface area contributed by atoms with Crippen LogP contribution in [0.4, 0.5) is 0 Å². The predicted octanol–water partition coefficient (Wildman–Crippen LogP) is 1.87. The SMILES string of the molecule is CNC(C)C1CCN1Cc1ccccc1. The first-order valence-electron chi connectivity index (χ1n) is 5.76. The molecule has 2 atom stereocenters. The van der Waals surface area contributed by atoms with Crippen LogP contribution < -0.4 is 5.32 Å². The molecule has 2 nitrogen and oxygen atoms in total. The van der Waals surface area contributed by atoms with Gasteiger partial charge in [-0.3, -0.25) is 4.90 Å². The lowest BCUT2D eigenvalue weighted by Gasteiger charge is -2.44. The van der Waals surface area contributed by atoms with Gasteiger partial charge in [-0.1, -0.05) is 30.3 Å². The Kier molecular flexibility index (Phi) is 3.39. The predicted molar refractivity (Wildman–Crippen MR) is 63.8 cm³/mol. The van der Waals surface area contributed by atoms with Crippen molar-refractivity contribution in [1.82, 2.24) is 10.2 Å². The van der Waals surface area contributed by atoms with E-state index in [4.69, 9.17) is 0 Å². The third-order valence-electron chi connectivity index (χ3n) is 3.44. The van der Waals surface area contributed by atoms with E-state index in [1.54, 1.807) is 0 Å². The van der Waals surface area contributed by atoms with Crippen LogP contribution in [0, 0.1) is 0 Å². The molecule has 1 aromatic rings. The standard InChI is InChI=1S/C13H20N2/c1-11(14-2)13-8-9-15(13)10-12-6-4-3-5-7-12/h3-7,11,13-14H,8-10H2,1-2H3. The lowest BCUT2D eigenvalue weighted by molar-refractivity contribution is 0.0585. The molecule has 1 aromatic carbocycles. The van der Waals surface area contributed by atoms with Crippen LogP contribution in [0.1, 0.15) is 18.9 Å². The molecule has 1 saturated heterocycles. The third-order valence-corrected chi connectivity index (χ3v) is 3.44. The Morgan fingerprint density at radius 2 is 2.13 bits per heavy atom. The van der Waals surface area contributed by atoms with E-state index in [1.165, 1.54) is 18.5 Å². The zero-order chi connectivity index (χ0) is 10.7. The summed E-state index contributed by atoms with van der Waals surface area (Å²) in [5.41, 5.74) is 1.42. The fourth-order valence-electron chi connectivity index (χ4n) is 2.23. The van der Waals surface area contributed by atoms with Gasteiger partial charge in [0.2, 0.25) is 0 Å². The second-order valence-corrected chi connectivity index (χ2v) is 4.39. The zero-order valence-electron chi connectivity index (χ0n) is 9.61. The fourth-order valence-corrected chi connectivity index (χ4v) is 2.23. The van der Waals surface area contributed by atoms with E-state index < -0.39 is 0 Å². The molecule has 1 heterocycles. The highest BCUT2D eigenvalue weighted by atomic mass is 15.2. The van der Waals surface area contributed by atoms with Gasteiger partial charge in [0.05, 0.1) is 0 Å². The first-order chi connectivity index (χ1) is 7.31. The summed E-state index contributed by atoms with van der Waals surface area (Å²) in [7, 11) is 2.05. The van der Waals surface area contributed by atoms with Crippen LogP contribution in [-0.4, -0.2) is 30.6 Å². The maximum absolute atomic E-state index is 3.34. The van der Waals surface area contributed by atoms with Crippen molar-refractivity contribution < 1.29 is 0 Å². The molecule has 0 saturated carbocycles. The molecular weight excluding hydrogens is 184 g/mol. The van der Waals surface area contributed by atoms with Gasteiger partial charge in [0.1, 0.15) is 0 Å². The van der Waals surface area contributed by atoms with Crippen LogP contribution >= 0.6 is 0 Å². The molecular formula is C13H20N2. The molecule has 82 valence electrons. The maximum atomic E-state index is 3.34. The number of hydrogen-bond acceptors (Lipinski definition) is 2. The first-order valence-corrected chi connectivity index (χ1v) is 5.76. The maximum Gasteiger partial charge on any atom is 0.0262 e. The molecule has 2 heteroatoms. The quantitative estimate of drug-likeness (QED) is 0.805. The Labute approximate surface area is 92.3 Å². The zero-order valence-corrected chi connectivity index (χ0v) is 9.61. The Morgan fingerprint density at radius 1 is 1.40 bits per heavy atom. The molecule has 1 aliphatic heterocycles. The number of likely N-dealkylation sites (N-methyl/N-ethyl adjacent to an activating group) is 1. The van der Waals surface area contributed by atoms with Crippen LogP contribution in [0.2, 0.25) is 0 Å². The third kappa shape index (κ3) is 2.39. The molecule has 2 unspecified atom stereocenters. The molecule has 0 aliphatic carbocycles. The first kappa shape index (κ1) is 10.7. The van der Waals surface area contributed by atoms with Crippen molar-refractivity contribution in [2.45, 2.75) is 32.0 Å². The molecule has 2 rings (SSSR count). The van der Waals surface area contributed by atoms with Crippen LogP contribution in [0.15, 0.2) is 30.3 Å². The number of likely N-dealkylation sites (tertiary alicyclic amines) is 1. The van der Waals surface area contributed by atoms with Gasteiger partial charge in [-0.05, 0) is 26.0 Å². The Hall–Kier alpha value is -0.860. The van der Waals surface area contributed by atoms with Gasteiger partial charge in [0, 0.05) is 25.2 Å². The Morgan fingerprint density at radius 3 is 2.67 bits per heavy atom. The van der Waals surface area contributed by atoms with Crippen molar-refractivity contribution in [2.75, 3.05) is 13.6 Å². The van der Waals surface area contributed by atoms with E-state index >= 15 is 0 Å². The van der Waals surface area contributed by atoms with Crippen molar-refractivity contribution in [1.29, 1.82) is 0 Å². The largest absolute Gasteiger partial charge is 0.316 e. The number of nitrogens with one attached hydrogen (secondary N) is 1. The van der Waals surface area contributed by atoms with Crippen LogP contribution in [0.5, 0.6) is 0 Å². The fraction of sp³-hybridized carbons (Fsp3) is 0.538. The van der Waals surface area contributed by atoms with E-state index in [-0.39, 0.29) is 0 Å². The highest BCUT2D eigenvalue weighted by Gasteiger charge is 2.31. The summed E-state index contributed by atoms with van der Waals surface area (Å²) in [4.78, 5) is 2.55. The van der Waals surface area contributed by atoms with Gasteiger partial charge in [-0.15, -0.1) is 0 Å². The van der Waals surface area contributed by atoms with Crippen molar-refractivity contribution in [2.24, 2.45) is 0 Å². The summed E-state index contributed by atoms with van der Waals surface area (Å²) in [6.07, 6.45) is 1.33. The van der Waals surface area contributed by atoms with Crippen LogP contribution in [0.3, 0.4) is 0 Å². The Bertz CT molecular complexity index is 297. The minimum absolute atomic E-state index is 0.600. The number of benzene rings is 1. The summed E-state index contributed by atoms with van der Waals surface area (Å²) in [5.74, 6) is 0. The lowest BCUT2D eigenvalue weighted by Crippen LogP contribution is -2.56. The molecule has 0 aromatic heterocycles. The minimum Gasteiger partial charge on any atom is -0.316 e. The molecule has 1 fully saturated rings. The van der Waals surface area contributed by atoms with Gasteiger partial charge < -0.3 is 5.32 Å². The number of hydrogen-bond donors (Lipinski definition) is 1. The monoisotopic (exact) mass is 204 g/mol. The second-order valence-electron chi connectivity index (χ2n) is 4.39. The van der Waals surface area contributed by atoms with Crippen LogP contribution in [0.25, 0.3) is 0 Å². The number of rotatable bonds is 4. The van der Waals surface area contributed by atoms with Gasteiger partial charge in [0.15, 0.2) is 0 Å². The van der Waals surface area contributed by atoms with E-state index in [0.717, 1.165) is 12.6 Å². The molecule has 0 bridgehead atoms. The summed E-state index contributed by atoms with van der Waals surface area (Å²) in [5, 5.41) is 3.34. The molecule has 0 amide bonds. The van der Waals surface area contributed by atoms with E-state index in [9.17, 15) is 0 Å².